The van der Waals surface area contributed by atoms with Crippen molar-refractivity contribution in [2.24, 2.45) is 5.10 Å². The molecule has 1 heterocycles. The van der Waals surface area contributed by atoms with E-state index in [0.29, 0.717) is 0 Å². The van der Waals surface area contributed by atoms with Crippen molar-refractivity contribution in [3.63, 3.8) is 0 Å². The largest absolute Gasteiger partial charge is 0.507 e. The molecule has 0 spiro atoms. The van der Waals surface area contributed by atoms with Crippen LogP contribution in [0.1, 0.15) is 5.56 Å². The van der Waals surface area contributed by atoms with E-state index in [-0.39, 0.29) is 5.75 Å². The normalized spacial score (nSPS) is 11.2. The Balaban J connectivity index is 1.86. The number of hydrogen-bond acceptors (Lipinski definition) is 3. The van der Waals surface area contributed by atoms with E-state index >= 15 is 0 Å². The first kappa shape index (κ1) is 11.3. The van der Waals surface area contributed by atoms with Crippen LogP contribution in [0.25, 0.3) is 10.9 Å². The van der Waals surface area contributed by atoms with Gasteiger partial charge in [0, 0.05) is 17.3 Å². The molecule has 0 radical (unpaired) electrons. The molecule has 2 aromatic carbocycles. The maximum absolute atomic E-state index is 9.86. The van der Waals surface area contributed by atoms with Crippen LogP contribution < -0.4 is 5.43 Å². The molecule has 3 aromatic rings. The molecule has 0 unspecified atom stereocenters. The van der Waals surface area contributed by atoms with Crippen molar-refractivity contribution in [2.45, 2.75) is 0 Å². The number of aromatic nitrogens is 1. The first-order valence-electron chi connectivity index (χ1n) is 5.98. The van der Waals surface area contributed by atoms with Crippen LogP contribution >= 0.6 is 0 Å². The minimum absolute atomic E-state index is 0.250. The third-order valence-electron chi connectivity index (χ3n) is 2.89. The van der Waals surface area contributed by atoms with E-state index in [0.717, 1.165) is 22.2 Å². The van der Waals surface area contributed by atoms with Crippen LogP contribution in [0.2, 0.25) is 0 Å². The SMILES string of the molecule is Oc1cccc2[nH]cc(C=NNc3ccccc3)c12. The summed E-state index contributed by atoms with van der Waals surface area (Å²) in [5.41, 5.74) is 5.59. The Bertz CT molecular complexity index is 717. The van der Waals surface area contributed by atoms with Crippen molar-refractivity contribution in [1.29, 1.82) is 0 Å². The average Bonchev–Trinajstić information content (AvgIpc) is 2.85. The van der Waals surface area contributed by atoms with Crippen LogP contribution in [-0.2, 0) is 0 Å². The predicted molar refractivity (Wildman–Crippen MR) is 77.6 cm³/mol. The molecule has 0 aliphatic carbocycles. The van der Waals surface area contributed by atoms with Crippen LogP contribution in [0.5, 0.6) is 5.75 Å². The van der Waals surface area contributed by atoms with Gasteiger partial charge in [-0.25, -0.2) is 0 Å². The Labute approximate surface area is 110 Å². The van der Waals surface area contributed by atoms with Crippen molar-refractivity contribution in [1.82, 2.24) is 4.98 Å². The molecule has 1 aromatic heterocycles. The minimum Gasteiger partial charge on any atom is -0.507 e. The zero-order valence-corrected chi connectivity index (χ0v) is 10.2. The second kappa shape index (κ2) is 4.86. The van der Waals surface area contributed by atoms with Gasteiger partial charge in [-0.05, 0) is 24.3 Å². The predicted octanol–water partition coefficient (Wildman–Crippen LogP) is 3.32. The van der Waals surface area contributed by atoms with E-state index in [2.05, 4.69) is 15.5 Å². The zero-order chi connectivity index (χ0) is 13.1. The number of hydrazone groups is 1. The number of rotatable bonds is 3. The average molecular weight is 251 g/mol. The van der Waals surface area contributed by atoms with Gasteiger partial charge < -0.3 is 10.1 Å². The molecule has 0 bridgehead atoms. The fourth-order valence-corrected chi connectivity index (χ4v) is 1.98. The van der Waals surface area contributed by atoms with Gasteiger partial charge in [-0.15, -0.1) is 0 Å². The summed E-state index contributed by atoms with van der Waals surface area (Å²) < 4.78 is 0. The molecule has 0 aliphatic heterocycles. The number of nitrogens with zero attached hydrogens (tertiary/aromatic N) is 1. The number of phenolic OH excluding ortho intramolecular Hbond substituents is 1. The van der Waals surface area contributed by atoms with Crippen LogP contribution in [0.15, 0.2) is 59.8 Å². The molecule has 0 fully saturated rings. The molecule has 94 valence electrons. The topological polar surface area (TPSA) is 60.4 Å². The van der Waals surface area contributed by atoms with E-state index in [9.17, 15) is 5.11 Å². The third kappa shape index (κ3) is 2.28. The number of nitrogens with one attached hydrogen (secondary N) is 2. The number of aromatic hydroxyl groups is 1. The monoisotopic (exact) mass is 251 g/mol. The summed E-state index contributed by atoms with van der Waals surface area (Å²) in [5, 5.41) is 14.8. The number of benzene rings is 2. The molecule has 3 rings (SSSR count). The van der Waals surface area contributed by atoms with Crippen molar-refractivity contribution in [3.8, 4) is 5.75 Å². The minimum atomic E-state index is 0.250. The van der Waals surface area contributed by atoms with Crippen LogP contribution in [0.3, 0.4) is 0 Å². The highest BCUT2D eigenvalue weighted by Crippen LogP contribution is 2.26. The highest BCUT2D eigenvalue weighted by Gasteiger charge is 2.05. The number of aromatic amines is 1. The van der Waals surface area contributed by atoms with Crippen molar-refractivity contribution in [3.05, 3.63) is 60.3 Å². The van der Waals surface area contributed by atoms with Gasteiger partial charge in [0.05, 0.1) is 17.3 Å². The summed E-state index contributed by atoms with van der Waals surface area (Å²) in [7, 11) is 0. The lowest BCUT2D eigenvalue weighted by atomic mass is 10.2. The van der Waals surface area contributed by atoms with E-state index < -0.39 is 0 Å². The molecule has 4 heteroatoms. The second-order valence-electron chi connectivity index (χ2n) is 4.18. The van der Waals surface area contributed by atoms with E-state index in [1.54, 1.807) is 18.3 Å². The summed E-state index contributed by atoms with van der Waals surface area (Å²) in [6, 6.07) is 15.1. The smallest absolute Gasteiger partial charge is 0.125 e. The van der Waals surface area contributed by atoms with E-state index in [4.69, 9.17) is 0 Å². The highest BCUT2D eigenvalue weighted by molar-refractivity contribution is 6.02. The molecule has 19 heavy (non-hydrogen) atoms. The molecule has 0 amide bonds. The quantitative estimate of drug-likeness (QED) is 0.494. The fourth-order valence-electron chi connectivity index (χ4n) is 1.98. The van der Waals surface area contributed by atoms with E-state index in [1.165, 1.54) is 0 Å². The molecule has 0 saturated heterocycles. The first-order valence-corrected chi connectivity index (χ1v) is 5.98. The first-order chi connectivity index (χ1) is 9.34. The van der Waals surface area contributed by atoms with Crippen molar-refractivity contribution in [2.75, 3.05) is 5.43 Å². The lowest BCUT2D eigenvalue weighted by Gasteiger charge is -1.98. The van der Waals surface area contributed by atoms with Crippen LogP contribution in [0.4, 0.5) is 5.69 Å². The Morgan fingerprint density at radius 1 is 1.05 bits per heavy atom. The summed E-state index contributed by atoms with van der Waals surface area (Å²) in [6.45, 7) is 0. The summed E-state index contributed by atoms with van der Waals surface area (Å²) in [5.74, 6) is 0.250. The number of hydrogen-bond donors (Lipinski definition) is 3. The van der Waals surface area contributed by atoms with Gasteiger partial charge in [0.15, 0.2) is 0 Å². The van der Waals surface area contributed by atoms with Gasteiger partial charge in [-0.3, -0.25) is 5.43 Å². The third-order valence-corrected chi connectivity index (χ3v) is 2.89. The Morgan fingerprint density at radius 3 is 2.74 bits per heavy atom. The lowest BCUT2D eigenvalue weighted by molar-refractivity contribution is 0.481. The summed E-state index contributed by atoms with van der Waals surface area (Å²) >= 11 is 0. The van der Waals surface area contributed by atoms with E-state index in [1.807, 2.05) is 42.6 Å². The van der Waals surface area contributed by atoms with Crippen molar-refractivity contribution >= 4 is 22.8 Å². The van der Waals surface area contributed by atoms with Gasteiger partial charge in [0.25, 0.3) is 0 Å². The molecular weight excluding hydrogens is 238 g/mol. The second-order valence-corrected chi connectivity index (χ2v) is 4.18. The zero-order valence-electron chi connectivity index (χ0n) is 10.2. The summed E-state index contributed by atoms with van der Waals surface area (Å²) in [4.78, 5) is 3.10. The van der Waals surface area contributed by atoms with Gasteiger partial charge in [0.2, 0.25) is 0 Å². The van der Waals surface area contributed by atoms with Gasteiger partial charge in [0.1, 0.15) is 5.75 Å². The number of H-pyrrole nitrogens is 1. The van der Waals surface area contributed by atoms with Gasteiger partial charge in [-0.2, -0.15) is 5.10 Å². The lowest BCUT2D eigenvalue weighted by Crippen LogP contribution is -1.89. The molecule has 0 aliphatic rings. The molecule has 0 atom stereocenters. The molecular formula is C15H13N3O. The van der Waals surface area contributed by atoms with Crippen LogP contribution in [0, 0.1) is 0 Å². The van der Waals surface area contributed by atoms with Crippen LogP contribution in [-0.4, -0.2) is 16.3 Å². The van der Waals surface area contributed by atoms with Gasteiger partial charge in [-0.1, -0.05) is 24.3 Å². The number of phenols is 1. The maximum atomic E-state index is 9.86. The maximum Gasteiger partial charge on any atom is 0.125 e. The number of para-hydroxylation sites is 1. The van der Waals surface area contributed by atoms with Gasteiger partial charge >= 0.3 is 0 Å². The molecule has 4 nitrogen and oxygen atoms in total. The molecule has 0 saturated carbocycles. The fraction of sp³-hybridized carbons (Fsp3) is 0. The molecule has 3 N–H and O–H groups in total. The highest BCUT2D eigenvalue weighted by atomic mass is 16.3. The summed E-state index contributed by atoms with van der Waals surface area (Å²) in [6.07, 6.45) is 3.51. The standard InChI is InChI=1S/C15H13N3O/c19-14-8-4-7-13-15(14)11(9-16-13)10-17-18-12-5-2-1-3-6-12/h1-10,16,18-19H. The Kier molecular flexibility index (Phi) is 2.90. The number of anilines is 1. The Morgan fingerprint density at radius 2 is 1.89 bits per heavy atom. The van der Waals surface area contributed by atoms with Crippen molar-refractivity contribution < 1.29 is 5.11 Å². The Hall–Kier alpha value is -2.75. The number of fused-ring (bicyclic) bond motifs is 1.